The van der Waals surface area contributed by atoms with E-state index < -0.39 is 50.7 Å². The van der Waals surface area contributed by atoms with Gasteiger partial charge in [0.2, 0.25) is 11.8 Å². The minimum Gasteiger partial charge on any atom is -0.496 e. The van der Waals surface area contributed by atoms with Crippen molar-refractivity contribution in [1.82, 2.24) is 5.43 Å². The number of non-ortho nitro benzene ring substituents is 1. The zero-order chi connectivity index (χ0) is 33.2. The van der Waals surface area contributed by atoms with Gasteiger partial charge in [0.1, 0.15) is 11.4 Å². The van der Waals surface area contributed by atoms with Crippen molar-refractivity contribution in [3.05, 3.63) is 139 Å². The largest absolute Gasteiger partial charge is 0.496 e. The van der Waals surface area contributed by atoms with Gasteiger partial charge in [-0.25, -0.2) is 10.3 Å². The molecule has 1 aliphatic heterocycles. The van der Waals surface area contributed by atoms with Gasteiger partial charge in [0.25, 0.3) is 17.3 Å². The highest BCUT2D eigenvalue weighted by Gasteiger charge is 2.68. The number of hydrazone groups is 1. The number of nitrogens with one attached hydrogen (secondary N) is 1. The number of hydrogen-bond acceptors (Lipinski definition) is 9. The van der Waals surface area contributed by atoms with Crippen LogP contribution < -0.4 is 15.1 Å². The highest BCUT2D eigenvalue weighted by atomic mass is 16.6. The average Bonchev–Trinajstić information content (AvgIpc) is 3.34. The summed E-state index contributed by atoms with van der Waals surface area (Å²) < 4.78 is 5.24. The number of nitro groups is 2. The van der Waals surface area contributed by atoms with Crippen molar-refractivity contribution >= 4 is 41.0 Å². The number of ether oxygens (including phenoxy) is 1. The van der Waals surface area contributed by atoms with E-state index in [9.17, 15) is 34.6 Å². The Balaban J connectivity index is 1.39. The van der Waals surface area contributed by atoms with Gasteiger partial charge >= 0.3 is 0 Å². The zero-order valence-electron chi connectivity index (χ0n) is 24.9. The van der Waals surface area contributed by atoms with Crippen LogP contribution in [-0.4, -0.2) is 40.9 Å². The predicted molar refractivity (Wildman–Crippen MR) is 168 cm³/mol. The van der Waals surface area contributed by atoms with Crippen LogP contribution in [-0.2, 0) is 15.0 Å². The molecule has 4 aromatic carbocycles. The van der Waals surface area contributed by atoms with Gasteiger partial charge in [-0.05, 0) is 46.9 Å². The lowest BCUT2D eigenvalue weighted by Crippen LogP contribution is -2.54. The van der Waals surface area contributed by atoms with Gasteiger partial charge in [0.15, 0.2) is 0 Å². The first-order chi connectivity index (χ1) is 22.6. The Morgan fingerprint density at radius 1 is 0.915 bits per heavy atom. The van der Waals surface area contributed by atoms with E-state index in [0.717, 1.165) is 22.1 Å². The molecule has 3 amide bonds. The Bertz CT molecular complexity index is 2040. The molecule has 0 unspecified atom stereocenters. The molecule has 3 aliphatic carbocycles. The Kier molecular flexibility index (Phi) is 6.70. The number of methoxy groups -OCH3 is 1. The molecule has 13 heteroatoms. The third kappa shape index (κ3) is 4.16. The number of hydrogen-bond donors (Lipinski definition) is 1. The van der Waals surface area contributed by atoms with Crippen LogP contribution in [0.3, 0.4) is 0 Å². The summed E-state index contributed by atoms with van der Waals surface area (Å²) in [6.45, 7) is 1.68. The maximum Gasteiger partial charge on any atom is 0.293 e. The first kappa shape index (κ1) is 29.5. The zero-order valence-corrected chi connectivity index (χ0v) is 24.9. The second-order valence-corrected chi connectivity index (χ2v) is 11.6. The molecular weight excluding hydrogens is 606 g/mol. The maximum atomic E-state index is 14.6. The molecule has 0 spiro atoms. The maximum absolute atomic E-state index is 14.6. The molecule has 0 saturated carbocycles. The molecule has 2 bridgehead atoms. The van der Waals surface area contributed by atoms with Gasteiger partial charge in [-0.3, -0.25) is 34.6 Å². The summed E-state index contributed by atoms with van der Waals surface area (Å²) in [5.41, 5.74) is 3.73. The molecule has 234 valence electrons. The second kappa shape index (κ2) is 10.7. The first-order valence-electron chi connectivity index (χ1n) is 14.6. The molecule has 4 aromatic rings. The van der Waals surface area contributed by atoms with E-state index in [1.54, 1.807) is 13.0 Å². The van der Waals surface area contributed by atoms with Crippen molar-refractivity contribution < 1.29 is 29.0 Å². The monoisotopic (exact) mass is 631 g/mol. The third-order valence-electron chi connectivity index (χ3n) is 9.33. The molecule has 2 atom stereocenters. The molecule has 0 aromatic heterocycles. The summed E-state index contributed by atoms with van der Waals surface area (Å²) in [4.78, 5) is 65.4. The van der Waals surface area contributed by atoms with Crippen molar-refractivity contribution in [2.24, 2.45) is 16.9 Å². The Morgan fingerprint density at radius 3 is 2.19 bits per heavy atom. The number of imide groups is 1. The van der Waals surface area contributed by atoms with E-state index in [2.05, 4.69) is 10.5 Å². The van der Waals surface area contributed by atoms with Crippen LogP contribution >= 0.6 is 0 Å². The van der Waals surface area contributed by atoms with Crippen molar-refractivity contribution in [2.75, 3.05) is 12.0 Å². The van der Waals surface area contributed by atoms with Crippen molar-refractivity contribution in [1.29, 1.82) is 0 Å². The highest BCUT2D eigenvalue weighted by molar-refractivity contribution is 6.25. The minimum atomic E-state index is -1.37. The summed E-state index contributed by atoms with van der Waals surface area (Å²) in [6.07, 6.45) is 1.43. The summed E-state index contributed by atoms with van der Waals surface area (Å²) >= 11 is 0. The topological polar surface area (TPSA) is 174 Å². The number of aryl methyl sites for hydroxylation is 1. The number of rotatable bonds is 7. The number of anilines is 1. The van der Waals surface area contributed by atoms with Crippen molar-refractivity contribution in [3.8, 4) is 5.75 Å². The van der Waals surface area contributed by atoms with Crippen LogP contribution in [0.5, 0.6) is 5.75 Å². The van der Waals surface area contributed by atoms with Crippen LogP contribution in [0.15, 0.2) is 90.0 Å². The molecule has 4 aliphatic rings. The highest BCUT2D eigenvalue weighted by Crippen LogP contribution is 2.64. The normalized spacial score (nSPS) is 22.1. The SMILES string of the molecule is COc1ccc([N+](=O)[O-])cc1C(=O)N/N=C\C12c3ccccc3C(c3ccccc31)[C@@H]1C(=O)N(c3ccc(C)cc3[N+](=O)[O-])C(=O)[C@H]12. The smallest absolute Gasteiger partial charge is 0.293 e. The van der Waals surface area contributed by atoms with E-state index in [4.69, 9.17) is 4.74 Å². The van der Waals surface area contributed by atoms with Gasteiger partial charge in [-0.2, -0.15) is 5.10 Å². The van der Waals surface area contributed by atoms with Gasteiger partial charge in [-0.15, -0.1) is 0 Å². The standard InChI is InChI=1S/C34H25N5O8/c1-18-11-13-25(26(15-18)39(45)46)37-32(41)29-28-20-7-3-5-9-23(20)34(30(29)33(37)42,24-10-6-4-8-21(24)28)17-35-36-31(40)22-16-19(38(43)44)12-14-27(22)47-2/h3-17,28-30H,1-2H3,(H,36,40)/b35-17-/t28?,29-,30-,34?/m0/s1. The molecule has 8 rings (SSSR count). The van der Waals surface area contributed by atoms with E-state index in [1.165, 1.54) is 37.6 Å². The van der Waals surface area contributed by atoms with Crippen LogP contribution in [0.4, 0.5) is 17.1 Å². The Hall–Kier alpha value is -6.24. The lowest BCUT2D eigenvalue weighted by atomic mass is 9.47. The fourth-order valence-electron chi connectivity index (χ4n) is 7.50. The molecule has 13 nitrogen and oxygen atoms in total. The van der Waals surface area contributed by atoms with E-state index >= 15 is 0 Å². The van der Waals surface area contributed by atoms with Gasteiger partial charge in [0, 0.05) is 30.3 Å². The predicted octanol–water partition coefficient (Wildman–Crippen LogP) is 4.79. The molecule has 1 fully saturated rings. The van der Waals surface area contributed by atoms with Crippen LogP contribution in [0.2, 0.25) is 0 Å². The lowest BCUT2D eigenvalue weighted by molar-refractivity contribution is -0.384. The van der Waals surface area contributed by atoms with Crippen molar-refractivity contribution in [3.63, 3.8) is 0 Å². The fraction of sp³-hybridized carbons (Fsp3) is 0.176. The summed E-state index contributed by atoms with van der Waals surface area (Å²) in [5, 5.41) is 27.8. The number of nitrogens with zero attached hydrogens (tertiary/aromatic N) is 4. The lowest BCUT2D eigenvalue weighted by Gasteiger charge is -2.52. The molecule has 1 N–H and O–H groups in total. The number of amides is 3. The molecule has 0 radical (unpaired) electrons. The average molecular weight is 632 g/mol. The van der Waals surface area contributed by atoms with Crippen LogP contribution in [0.1, 0.15) is 44.1 Å². The second-order valence-electron chi connectivity index (χ2n) is 11.6. The number of carbonyl (C=O) groups is 3. The minimum absolute atomic E-state index is 0.0855. The molecule has 47 heavy (non-hydrogen) atoms. The quantitative estimate of drug-likeness (QED) is 0.131. The number of carbonyl (C=O) groups excluding carboxylic acids is 3. The number of nitro benzene ring substituents is 2. The summed E-state index contributed by atoms with van der Waals surface area (Å²) in [7, 11) is 1.32. The number of benzene rings is 4. The first-order valence-corrected chi connectivity index (χ1v) is 14.6. The van der Waals surface area contributed by atoms with Crippen LogP contribution in [0, 0.1) is 39.0 Å². The Labute approximate surface area is 266 Å². The van der Waals surface area contributed by atoms with Gasteiger partial charge < -0.3 is 4.74 Å². The summed E-state index contributed by atoms with van der Waals surface area (Å²) in [6, 6.07) is 22.7. The molecule has 1 saturated heterocycles. The van der Waals surface area contributed by atoms with E-state index in [-0.39, 0.29) is 28.4 Å². The summed E-state index contributed by atoms with van der Waals surface area (Å²) in [5.74, 6) is -4.40. The van der Waals surface area contributed by atoms with Crippen molar-refractivity contribution in [2.45, 2.75) is 18.3 Å². The van der Waals surface area contributed by atoms with Gasteiger partial charge in [-0.1, -0.05) is 54.6 Å². The Morgan fingerprint density at radius 2 is 1.57 bits per heavy atom. The van der Waals surface area contributed by atoms with E-state index in [0.29, 0.717) is 16.7 Å². The molecular formula is C34H25N5O8. The van der Waals surface area contributed by atoms with E-state index in [1.807, 2.05) is 48.5 Å². The van der Waals surface area contributed by atoms with Gasteiger partial charge in [0.05, 0.1) is 39.8 Å². The third-order valence-corrected chi connectivity index (χ3v) is 9.33. The van der Waals surface area contributed by atoms with Crippen LogP contribution in [0.25, 0.3) is 0 Å². The molecule has 1 heterocycles. The fourth-order valence-corrected chi connectivity index (χ4v) is 7.50.